The molecule has 0 N–H and O–H groups in total. The van der Waals surface area contributed by atoms with E-state index >= 15 is 0 Å². The van der Waals surface area contributed by atoms with E-state index < -0.39 is 17.6 Å². The summed E-state index contributed by atoms with van der Waals surface area (Å²) < 4.78 is 31.5. The van der Waals surface area contributed by atoms with E-state index in [0.29, 0.717) is 24.1 Å². The third kappa shape index (κ3) is 3.36. The third-order valence-electron chi connectivity index (χ3n) is 4.37. The van der Waals surface area contributed by atoms with Crippen molar-refractivity contribution in [2.45, 2.75) is 12.8 Å². The summed E-state index contributed by atoms with van der Waals surface area (Å²) >= 11 is 0. The Kier molecular flexibility index (Phi) is 4.27. The maximum atomic E-state index is 13.3. The molecule has 0 unspecified atom stereocenters. The van der Waals surface area contributed by atoms with Crippen LogP contribution in [0.25, 0.3) is 6.08 Å². The average Bonchev–Trinajstić information content (AvgIpc) is 3.24. The van der Waals surface area contributed by atoms with Crippen LogP contribution in [0.2, 0.25) is 0 Å². The summed E-state index contributed by atoms with van der Waals surface area (Å²) in [6.07, 6.45) is 2.71. The Balaban J connectivity index is 1.58. The highest BCUT2D eigenvalue weighted by Gasteiger charge is 2.25. The molecule has 2 aromatic rings. The van der Waals surface area contributed by atoms with Crippen molar-refractivity contribution in [3.05, 3.63) is 70.9 Å². The predicted molar refractivity (Wildman–Crippen MR) is 95.0 cm³/mol. The Labute approximate surface area is 153 Å². The Morgan fingerprint density at radius 2 is 1.81 bits per heavy atom. The minimum absolute atomic E-state index is 0.00481. The molecule has 0 atom stereocenters. The van der Waals surface area contributed by atoms with E-state index in [1.54, 1.807) is 29.2 Å². The second-order valence-electron chi connectivity index (χ2n) is 6.21. The van der Waals surface area contributed by atoms with E-state index in [1.165, 1.54) is 12.1 Å². The Morgan fingerprint density at radius 3 is 2.48 bits per heavy atom. The molecule has 2 aliphatic rings. The number of anilines is 1. The van der Waals surface area contributed by atoms with Gasteiger partial charge in [0.2, 0.25) is 11.8 Å². The number of hydrogen-bond donors (Lipinski definition) is 0. The lowest BCUT2D eigenvalue weighted by molar-refractivity contribution is -0.130. The van der Waals surface area contributed by atoms with Gasteiger partial charge in [-0.1, -0.05) is 6.07 Å². The summed E-state index contributed by atoms with van der Waals surface area (Å²) in [5.74, 6) is -2.44. The van der Waals surface area contributed by atoms with Gasteiger partial charge >= 0.3 is 5.97 Å². The van der Waals surface area contributed by atoms with Crippen molar-refractivity contribution in [2.24, 2.45) is 4.99 Å². The van der Waals surface area contributed by atoms with E-state index in [1.807, 2.05) is 0 Å². The van der Waals surface area contributed by atoms with Crippen molar-refractivity contribution in [3.63, 3.8) is 0 Å². The fourth-order valence-corrected chi connectivity index (χ4v) is 3.00. The van der Waals surface area contributed by atoms with Crippen LogP contribution in [-0.2, 0) is 14.3 Å². The molecule has 0 saturated carbocycles. The fourth-order valence-electron chi connectivity index (χ4n) is 3.00. The number of esters is 1. The number of carbonyl (C=O) groups is 2. The number of amides is 1. The van der Waals surface area contributed by atoms with Crippen LogP contribution in [0.3, 0.4) is 0 Å². The van der Waals surface area contributed by atoms with E-state index in [4.69, 9.17) is 4.74 Å². The minimum atomic E-state index is -1.01. The molecule has 2 aliphatic heterocycles. The zero-order valence-corrected chi connectivity index (χ0v) is 14.1. The number of ether oxygens (including phenoxy) is 1. The first-order valence-electron chi connectivity index (χ1n) is 8.40. The third-order valence-corrected chi connectivity index (χ3v) is 4.37. The van der Waals surface area contributed by atoms with Gasteiger partial charge < -0.3 is 9.64 Å². The van der Waals surface area contributed by atoms with Crippen LogP contribution in [0.1, 0.15) is 24.0 Å². The van der Waals surface area contributed by atoms with Gasteiger partial charge in [-0.15, -0.1) is 0 Å². The first-order chi connectivity index (χ1) is 13.0. The number of aliphatic imine (C=N–C) groups is 1. The maximum Gasteiger partial charge on any atom is 0.363 e. The summed E-state index contributed by atoms with van der Waals surface area (Å²) in [6, 6.07) is 10.3. The van der Waals surface area contributed by atoms with Gasteiger partial charge in [0.05, 0.1) is 0 Å². The summed E-state index contributed by atoms with van der Waals surface area (Å²) in [5.41, 5.74) is 1.65. The second-order valence-corrected chi connectivity index (χ2v) is 6.21. The molecular weight excluding hydrogens is 354 g/mol. The molecule has 0 aromatic heterocycles. The van der Waals surface area contributed by atoms with Gasteiger partial charge in [-0.2, -0.15) is 0 Å². The van der Waals surface area contributed by atoms with Crippen LogP contribution in [-0.4, -0.2) is 24.3 Å². The van der Waals surface area contributed by atoms with E-state index in [0.717, 1.165) is 24.2 Å². The van der Waals surface area contributed by atoms with E-state index in [2.05, 4.69) is 4.99 Å². The van der Waals surface area contributed by atoms with Crippen LogP contribution in [0.5, 0.6) is 0 Å². The van der Waals surface area contributed by atoms with Crippen LogP contribution >= 0.6 is 0 Å². The summed E-state index contributed by atoms with van der Waals surface area (Å²) in [4.78, 5) is 29.7. The van der Waals surface area contributed by atoms with Gasteiger partial charge in [-0.25, -0.2) is 18.6 Å². The van der Waals surface area contributed by atoms with Crippen molar-refractivity contribution >= 4 is 29.5 Å². The molecule has 1 saturated heterocycles. The van der Waals surface area contributed by atoms with Crippen LogP contribution in [0.15, 0.2) is 53.2 Å². The first kappa shape index (κ1) is 17.1. The minimum Gasteiger partial charge on any atom is -0.402 e. The van der Waals surface area contributed by atoms with Crippen LogP contribution in [0.4, 0.5) is 14.5 Å². The zero-order chi connectivity index (χ0) is 19.0. The Bertz CT molecular complexity index is 997. The molecule has 1 fully saturated rings. The smallest absolute Gasteiger partial charge is 0.363 e. The molecule has 7 heteroatoms. The van der Waals surface area contributed by atoms with Gasteiger partial charge in [-0.05, 0) is 54.5 Å². The predicted octanol–water partition coefficient (Wildman–Crippen LogP) is 3.44. The highest BCUT2D eigenvalue weighted by atomic mass is 19.2. The SMILES string of the molecule is O=C1OC(c2ccc(N3CCCC3=O)cc2)=N/C1=C\c1ccc(F)c(F)c1. The summed E-state index contributed by atoms with van der Waals surface area (Å²) in [5, 5.41) is 0. The molecule has 0 aliphatic carbocycles. The second kappa shape index (κ2) is 6.75. The number of hydrogen-bond acceptors (Lipinski definition) is 4. The monoisotopic (exact) mass is 368 g/mol. The normalized spacial score (nSPS) is 18.2. The van der Waals surface area contributed by atoms with Crippen LogP contribution < -0.4 is 4.90 Å². The van der Waals surface area contributed by atoms with Gasteiger partial charge in [0.15, 0.2) is 17.3 Å². The molecular formula is C20H14F2N2O3. The highest BCUT2D eigenvalue weighted by molar-refractivity contribution is 6.13. The van der Waals surface area contributed by atoms with Gasteiger partial charge in [0.1, 0.15) is 0 Å². The number of carbonyl (C=O) groups excluding carboxylic acids is 2. The molecule has 136 valence electrons. The summed E-state index contributed by atoms with van der Waals surface area (Å²) in [6.45, 7) is 0.690. The quantitative estimate of drug-likeness (QED) is 0.616. The average molecular weight is 368 g/mol. The zero-order valence-electron chi connectivity index (χ0n) is 14.1. The summed E-state index contributed by atoms with van der Waals surface area (Å²) in [7, 11) is 0. The van der Waals surface area contributed by atoms with E-state index in [-0.39, 0.29) is 17.5 Å². The van der Waals surface area contributed by atoms with E-state index in [9.17, 15) is 18.4 Å². The topological polar surface area (TPSA) is 59.0 Å². The number of cyclic esters (lactones) is 1. The molecule has 2 heterocycles. The lowest BCUT2D eigenvalue weighted by atomic mass is 10.2. The van der Waals surface area contributed by atoms with Gasteiger partial charge in [0.25, 0.3) is 0 Å². The van der Waals surface area contributed by atoms with Crippen LogP contribution in [0, 0.1) is 11.6 Å². The largest absolute Gasteiger partial charge is 0.402 e. The van der Waals surface area contributed by atoms with Crippen molar-refractivity contribution in [2.75, 3.05) is 11.4 Å². The maximum absolute atomic E-state index is 13.3. The highest BCUT2D eigenvalue weighted by Crippen LogP contribution is 2.24. The van der Waals surface area contributed by atoms with Gasteiger partial charge in [-0.3, -0.25) is 4.79 Å². The number of rotatable bonds is 3. The van der Waals surface area contributed by atoms with Gasteiger partial charge in [0, 0.05) is 24.2 Å². The number of halogens is 2. The first-order valence-corrected chi connectivity index (χ1v) is 8.40. The lowest BCUT2D eigenvalue weighted by Crippen LogP contribution is -2.23. The van der Waals surface area contributed by atoms with Crippen molar-refractivity contribution in [1.29, 1.82) is 0 Å². The number of benzene rings is 2. The Hall–Kier alpha value is -3.35. The molecule has 0 radical (unpaired) electrons. The van der Waals surface area contributed by atoms with Crippen molar-refractivity contribution in [3.8, 4) is 0 Å². The van der Waals surface area contributed by atoms with Crippen molar-refractivity contribution in [1.82, 2.24) is 0 Å². The fraction of sp³-hybridized carbons (Fsp3) is 0.150. The molecule has 0 spiro atoms. The van der Waals surface area contributed by atoms with Crippen molar-refractivity contribution < 1.29 is 23.1 Å². The molecule has 5 nitrogen and oxygen atoms in total. The molecule has 4 rings (SSSR count). The molecule has 0 bridgehead atoms. The lowest BCUT2D eigenvalue weighted by Gasteiger charge is -2.15. The standard InChI is InChI=1S/C20H14F2N2O3/c21-15-8-3-12(10-16(15)22)11-17-20(26)27-19(23-17)13-4-6-14(7-5-13)24-9-1-2-18(24)25/h3-8,10-11H,1-2,9H2/b17-11-. The number of nitrogens with zero attached hydrogens (tertiary/aromatic N) is 2. The molecule has 2 aromatic carbocycles. The molecule has 1 amide bonds. The molecule has 27 heavy (non-hydrogen) atoms. The Morgan fingerprint density at radius 1 is 1.04 bits per heavy atom.